The molecule has 6 rings (SSSR count). The number of anilines is 2. The Kier molecular flexibility index (Phi) is 6.90. The standard InChI is InChI=1S/C29H30N6O3S/c36-29(30-28-26-20-35(21-27(26)31-32-28)39(37,38)25-9-5-2-6-10-25)23-11-13-24(14-12-23)34-17-15-33(16-18-34)19-22-7-3-1-4-8-22/h1-14H,15-21H2,(H2,30,31,32,36). The van der Waals surface area contributed by atoms with Crippen LogP contribution in [0.4, 0.5) is 11.5 Å². The van der Waals surface area contributed by atoms with Crippen LogP contribution in [0.25, 0.3) is 0 Å². The van der Waals surface area contributed by atoms with E-state index in [9.17, 15) is 13.2 Å². The van der Waals surface area contributed by atoms with Crippen LogP contribution in [0.3, 0.4) is 0 Å². The van der Waals surface area contributed by atoms with E-state index >= 15 is 0 Å². The number of nitrogens with zero attached hydrogens (tertiary/aromatic N) is 4. The first-order chi connectivity index (χ1) is 19.0. The van der Waals surface area contributed by atoms with Crippen molar-refractivity contribution in [1.29, 1.82) is 0 Å². The fraction of sp³-hybridized carbons (Fsp3) is 0.241. The van der Waals surface area contributed by atoms with Gasteiger partial charge in [0.1, 0.15) is 0 Å². The molecule has 39 heavy (non-hydrogen) atoms. The van der Waals surface area contributed by atoms with Crippen LogP contribution in [0.15, 0.2) is 89.8 Å². The minimum atomic E-state index is -3.64. The average Bonchev–Trinajstić information content (AvgIpc) is 3.57. The first-order valence-electron chi connectivity index (χ1n) is 13.0. The highest BCUT2D eigenvalue weighted by Crippen LogP contribution is 2.31. The number of hydrogen-bond acceptors (Lipinski definition) is 6. The lowest BCUT2D eigenvalue weighted by Crippen LogP contribution is -2.45. The number of piperazine rings is 1. The van der Waals surface area contributed by atoms with Crippen LogP contribution in [0.2, 0.25) is 0 Å². The zero-order chi connectivity index (χ0) is 26.8. The van der Waals surface area contributed by atoms with E-state index in [1.165, 1.54) is 9.87 Å². The van der Waals surface area contributed by atoms with Gasteiger partial charge in [0.2, 0.25) is 10.0 Å². The van der Waals surface area contributed by atoms with Crippen molar-refractivity contribution in [3.8, 4) is 0 Å². The van der Waals surface area contributed by atoms with Gasteiger partial charge in [0.25, 0.3) is 5.91 Å². The van der Waals surface area contributed by atoms with E-state index in [1.54, 1.807) is 30.3 Å². The molecule has 1 aromatic heterocycles. The highest BCUT2D eigenvalue weighted by molar-refractivity contribution is 7.89. The van der Waals surface area contributed by atoms with Gasteiger partial charge in [-0.2, -0.15) is 9.40 Å². The third-order valence-corrected chi connectivity index (χ3v) is 9.16. The maximum absolute atomic E-state index is 13.0. The molecule has 4 aromatic rings. The zero-order valence-electron chi connectivity index (χ0n) is 21.5. The maximum Gasteiger partial charge on any atom is 0.256 e. The van der Waals surface area contributed by atoms with Crippen LogP contribution in [0.1, 0.15) is 27.2 Å². The second kappa shape index (κ2) is 10.6. The Morgan fingerprint density at radius 2 is 1.51 bits per heavy atom. The van der Waals surface area contributed by atoms with Crippen molar-refractivity contribution >= 4 is 27.4 Å². The molecule has 2 aliphatic rings. The van der Waals surface area contributed by atoms with Crippen molar-refractivity contribution < 1.29 is 13.2 Å². The molecule has 2 aliphatic heterocycles. The normalized spacial score (nSPS) is 16.3. The van der Waals surface area contributed by atoms with E-state index in [1.807, 2.05) is 30.3 Å². The number of benzene rings is 3. The molecule has 0 radical (unpaired) electrons. The largest absolute Gasteiger partial charge is 0.369 e. The Balaban J connectivity index is 1.06. The molecule has 3 heterocycles. The van der Waals surface area contributed by atoms with E-state index in [-0.39, 0.29) is 23.9 Å². The Morgan fingerprint density at radius 3 is 2.21 bits per heavy atom. The summed E-state index contributed by atoms with van der Waals surface area (Å²) in [6.45, 7) is 5.12. The Morgan fingerprint density at radius 1 is 0.846 bits per heavy atom. The van der Waals surface area contributed by atoms with Crippen LogP contribution in [0.5, 0.6) is 0 Å². The van der Waals surface area contributed by atoms with Gasteiger partial charge in [-0.1, -0.05) is 48.5 Å². The monoisotopic (exact) mass is 542 g/mol. The molecule has 0 bridgehead atoms. The number of carbonyl (C=O) groups excluding carboxylic acids is 1. The summed E-state index contributed by atoms with van der Waals surface area (Å²) in [5, 5.41) is 9.97. The van der Waals surface area contributed by atoms with E-state index < -0.39 is 10.0 Å². The van der Waals surface area contributed by atoms with Crippen LogP contribution in [-0.2, 0) is 29.7 Å². The summed E-state index contributed by atoms with van der Waals surface area (Å²) in [6.07, 6.45) is 0. The van der Waals surface area contributed by atoms with Crippen LogP contribution in [0, 0.1) is 0 Å². The van der Waals surface area contributed by atoms with Gasteiger partial charge < -0.3 is 10.2 Å². The third kappa shape index (κ3) is 5.31. The minimum absolute atomic E-state index is 0.147. The number of nitrogens with one attached hydrogen (secondary N) is 2. The molecule has 1 saturated heterocycles. The van der Waals surface area contributed by atoms with Gasteiger partial charge in [-0.3, -0.25) is 14.8 Å². The number of sulfonamides is 1. The van der Waals surface area contributed by atoms with E-state index in [0.717, 1.165) is 38.4 Å². The van der Waals surface area contributed by atoms with Crippen molar-refractivity contribution in [1.82, 2.24) is 19.4 Å². The Hall–Kier alpha value is -3.99. The summed E-state index contributed by atoms with van der Waals surface area (Å²) >= 11 is 0. The summed E-state index contributed by atoms with van der Waals surface area (Å²) < 4.78 is 27.4. The lowest BCUT2D eigenvalue weighted by molar-refractivity contribution is 0.102. The number of hydrogen-bond donors (Lipinski definition) is 2. The molecule has 10 heteroatoms. The lowest BCUT2D eigenvalue weighted by atomic mass is 10.1. The third-order valence-electron chi connectivity index (χ3n) is 7.35. The van der Waals surface area contributed by atoms with Gasteiger partial charge >= 0.3 is 0 Å². The van der Waals surface area contributed by atoms with Crippen molar-refractivity contribution in [2.75, 3.05) is 36.4 Å². The molecule has 9 nitrogen and oxygen atoms in total. The Labute approximate surface area is 228 Å². The number of aromatic amines is 1. The number of amides is 1. The summed E-state index contributed by atoms with van der Waals surface area (Å²) in [5.41, 5.74) is 4.31. The minimum Gasteiger partial charge on any atom is -0.369 e. The van der Waals surface area contributed by atoms with Crippen molar-refractivity contribution in [2.24, 2.45) is 0 Å². The van der Waals surface area contributed by atoms with Crippen LogP contribution in [-0.4, -0.2) is 59.9 Å². The second-order valence-electron chi connectivity index (χ2n) is 9.87. The number of aromatic nitrogens is 2. The molecular weight excluding hydrogens is 512 g/mol. The van der Waals surface area contributed by atoms with Gasteiger partial charge in [-0.25, -0.2) is 8.42 Å². The fourth-order valence-corrected chi connectivity index (χ4v) is 6.53. The molecule has 0 unspecified atom stereocenters. The van der Waals surface area contributed by atoms with E-state index in [0.29, 0.717) is 22.6 Å². The van der Waals surface area contributed by atoms with Gasteiger partial charge in [0.05, 0.1) is 17.1 Å². The SMILES string of the molecule is O=C(Nc1n[nH]c2c1CN(S(=O)(=O)c1ccccc1)C2)c1ccc(N2CCN(Cc3ccccc3)CC2)cc1. The van der Waals surface area contributed by atoms with Gasteiger partial charge in [-0.15, -0.1) is 0 Å². The fourth-order valence-electron chi connectivity index (χ4n) is 5.13. The van der Waals surface area contributed by atoms with Gasteiger partial charge in [0.15, 0.2) is 5.82 Å². The first-order valence-corrected chi connectivity index (χ1v) is 14.5. The number of fused-ring (bicyclic) bond motifs is 1. The highest BCUT2D eigenvalue weighted by Gasteiger charge is 2.34. The van der Waals surface area contributed by atoms with Crippen molar-refractivity contribution in [3.05, 3.63) is 107 Å². The molecule has 0 aliphatic carbocycles. The number of carbonyl (C=O) groups is 1. The van der Waals surface area contributed by atoms with Gasteiger partial charge in [0, 0.05) is 56.1 Å². The summed E-state index contributed by atoms with van der Waals surface area (Å²) in [4.78, 5) is 18.0. The van der Waals surface area contributed by atoms with Crippen molar-refractivity contribution in [2.45, 2.75) is 24.5 Å². The topological polar surface area (TPSA) is 102 Å². The van der Waals surface area contributed by atoms with Crippen LogP contribution >= 0.6 is 0 Å². The highest BCUT2D eigenvalue weighted by atomic mass is 32.2. The van der Waals surface area contributed by atoms with Crippen LogP contribution < -0.4 is 10.2 Å². The second-order valence-corrected chi connectivity index (χ2v) is 11.8. The smallest absolute Gasteiger partial charge is 0.256 e. The molecular formula is C29H30N6O3S. The molecule has 1 amide bonds. The summed E-state index contributed by atoms with van der Waals surface area (Å²) in [5.74, 6) is 0.0762. The molecule has 0 saturated carbocycles. The lowest BCUT2D eigenvalue weighted by Gasteiger charge is -2.36. The first kappa shape index (κ1) is 25.3. The number of H-pyrrole nitrogens is 1. The summed E-state index contributed by atoms with van der Waals surface area (Å²) in [7, 11) is -3.64. The Bertz CT molecular complexity index is 1550. The van der Waals surface area contributed by atoms with E-state index in [2.05, 4.69) is 49.6 Å². The average molecular weight is 543 g/mol. The maximum atomic E-state index is 13.0. The zero-order valence-corrected chi connectivity index (χ0v) is 22.3. The van der Waals surface area contributed by atoms with E-state index in [4.69, 9.17) is 0 Å². The molecule has 200 valence electrons. The predicted octanol–water partition coefficient (Wildman–Crippen LogP) is 3.69. The van der Waals surface area contributed by atoms with Crippen molar-refractivity contribution in [3.63, 3.8) is 0 Å². The number of rotatable bonds is 7. The quantitative estimate of drug-likeness (QED) is 0.369. The molecule has 0 atom stereocenters. The predicted molar refractivity (Wildman–Crippen MR) is 150 cm³/mol. The molecule has 1 fully saturated rings. The summed E-state index contributed by atoms with van der Waals surface area (Å²) in [6, 6.07) is 26.5. The molecule has 2 N–H and O–H groups in total. The van der Waals surface area contributed by atoms with Gasteiger partial charge in [-0.05, 0) is 42.0 Å². The molecule has 3 aromatic carbocycles. The molecule has 0 spiro atoms.